The first-order valence-electron chi connectivity index (χ1n) is 5.07. The van der Waals surface area contributed by atoms with E-state index >= 15 is 0 Å². The summed E-state index contributed by atoms with van der Waals surface area (Å²) in [4.78, 5) is 1.23. The summed E-state index contributed by atoms with van der Waals surface area (Å²) in [6.07, 6.45) is 0. The third-order valence-corrected chi connectivity index (χ3v) is 4.37. The quantitative estimate of drug-likeness (QED) is 0.771. The molecule has 19 heavy (non-hydrogen) atoms. The van der Waals surface area contributed by atoms with Crippen LogP contribution in [0, 0.1) is 0 Å². The number of rotatable bonds is 3. The van der Waals surface area contributed by atoms with Gasteiger partial charge in [0.2, 0.25) is 4.21 Å². The number of methoxy groups -OCH3 is 1. The second-order valence-electron chi connectivity index (χ2n) is 3.14. The highest BCUT2D eigenvalue weighted by atomic mass is 32.2. The van der Waals surface area contributed by atoms with Crippen LogP contribution in [0.1, 0.15) is 0 Å². The Bertz CT molecular complexity index is 482. The van der Waals surface area contributed by atoms with E-state index in [1.54, 1.807) is 30.2 Å². The molecule has 0 aliphatic rings. The van der Waals surface area contributed by atoms with Crippen LogP contribution < -0.4 is 4.74 Å². The van der Waals surface area contributed by atoms with E-state index in [1.165, 1.54) is 9.10 Å². The highest BCUT2D eigenvalue weighted by Crippen LogP contribution is 2.33. The van der Waals surface area contributed by atoms with Crippen LogP contribution in [-0.2, 0) is 12.6 Å². The predicted molar refractivity (Wildman–Crippen MR) is 77.0 cm³/mol. The number of thiophene rings is 1. The summed E-state index contributed by atoms with van der Waals surface area (Å²) in [6, 6.07) is 12.3. The van der Waals surface area contributed by atoms with E-state index in [2.05, 4.69) is 36.9 Å². The Balaban J connectivity index is 0.000000399. The van der Waals surface area contributed by atoms with Crippen molar-refractivity contribution in [3.63, 3.8) is 0 Å². The van der Waals surface area contributed by atoms with Crippen LogP contribution in [-0.4, -0.2) is 13.8 Å². The molecular weight excluding hydrogens is 313 g/mol. The van der Waals surface area contributed by atoms with Crippen LogP contribution in [0.4, 0.5) is 13.2 Å². The van der Waals surface area contributed by atoms with Crippen molar-refractivity contribution >= 4 is 35.7 Å². The van der Waals surface area contributed by atoms with Gasteiger partial charge in [-0.25, -0.2) is 0 Å². The van der Waals surface area contributed by atoms with Gasteiger partial charge >= 0.3 is 6.68 Å². The highest BCUT2D eigenvalue weighted by Gasteiger charge is 2.02. The molecule has 0 aliphatic heterocycles. The Morgan fingerprint density at radius 3 is 2.11 bits per heavy atom. The molecule has 2 aromatic rings. The van der Waals surface area contributed by atoms with Crippen molar-refractivity contribution in [1.29, 1.82) is 0 Å². The van der Waals surface area contributed by atoms with Gasteiger partial charge in [-0.15, -0.1) is 0 Å². The monoisotopic (exact) mass is 325 g/mol. The van der Waals surface area contributed by atoms with Gasteiger partial charge in [0.05, 0.1) is 11.3 Å². The van der Waals surface area contributed by atoms with E-state index in [0.29, 0.717) is 0 Å². The van der Waals surface area contributed by atoms with Gasteiger partial charge in [0.25, 0.3) is 0 Å². The average Bonchev–Trinajstić information content (AvgIpc) is 2.75. The van der Waals surface area contributed by atoms with E-state index in [1.807, 2.05) is 12.1 Å². The zero-order valence-electron chi connectivity index (χ0n) is 9.90. The van der Waals surface area contributed by atoms with Gasteiger partial charge in [0, 0.05) is 23.6 Å². The Morgan fingerprint density at radius 1 is 1.11 bits per heavy atom. The molecular formula is C12H12F3OS3+. The number of hydrogen-bond donors (Lipinski definition) is 0. The minimum atomic E-state index is -3.67. The maximum atomic E-state index is 9.67. The van der Waals surface area contributed by atoms with Crippen LogP contribution >= 0.6 is 23.1 Å². The zero-order chi connectivity index (χ0) is 14.3. The van der Waals surface area contributed by atoms with Crippen molar-refractivity contribution in [3.05, 3.63) is 36.4 Å². The van der Waals surface area contributed by atoms with Gasteiger partial charge < -0.3 is 4.74 Å². The van der Waals surface area contributed by atoms with Gasteiger partial charge in [0.1, 0.15) is 5.75 Å². The molecule has 1 nitrogen and oxygen atoms in total. The summed E-state index contributed by atoms with van der Waals surface area (Å²) >= 11 is 7.00. The maximum absolute atomic E-state index is 9.67. The first-order chi connectivity index (χ1) is 9.01. The summed E-state index contributed by atoms with van der Waals surface area (Å²) < 4.78 is 36.5. The normalized spacial score (nSPS) is 10.0. The molecule has 0 aliphatic carbocycles. The first kappa shape index (κ1) is 16.3. The molecule has 0 radical (unpaired) electrons. The van der Waals surface area contributed by atoms with Gasteiger partial charge in [0.15, 0.2) is 0 Å². The maximum Gasteiger partial charge on any atom is 0.379 e. The van der Waals surface area contributed by atoms with Gasteiger partial charge in [-0.2, -0.15) is 13.2 Å². The van der Waals surface area contributed by atoms with Crippen molar-refractivity contribution in [1.82, 2.24) is 0 Å². The Kier molecular flexibility index (Phi) is 7.19. The van der Waals surface area contributed by atoms with Gasteiger partial charge in [-0.05, 0) is 30.3 Å². The Morgan fingerprint density at radius 2 is 1.68 bits per heavy atom. The summed E-state index contributed by atoms with van der Waals surface area (Å²) in [5.41, 5.74) is 0. The van der Waals surface area contributed by atoms with Crippen LogP contribution in [0.15, 0.2) is 49.7 Å². The molecule has 0 saturated carbocycles. The topological polar surface area (TPSA) is 9.23 Å². The molecule has 1 heterocycles. The minimum Gasteiger partial charge on any atom is -0.497 e. The lowest BCUT2D eigenvalue weighted by atomic mass is 10.3. The zero-order valence-corrected chi connectivity index (χ0v) is 12.5. The lowest BCUT2D eigenvalue weighted by molar-refractivity contribution is 0.00819. The molecule has 1 aromatic carbocycles. The van der Waals surface area contributed by atoms with E-state index in [-0.39, 0.29) is 0 Å². The lowest BCUT2D eigenvalue weighted by Gasteiger charge is -2.00. The van der Waals surface area contributed by atoms with Crippen LogP contribution in [0.2, 0.25) is 0 Å². The number of benzene rings is 1. The molecule has 0 unspecified atom stereocenters. The number of alkyl halides is 3. The second kappa shape index (κ2) is 8.39. The summed E-state index contributed by atoms with van der Waals surface area (Å²) in [5.74, 6) is 0.895. The fourth-order valence-electron chi connectivity index (χ4n) is 1.13. The fourth-order valence-corrected chi connectivity index (χ4v) is 3.62. The third-order valence-electron chi connectivity index (χ3n) is 1.86. The summed E-state index contributed by atoms with van der Waals surface area (Å²) in [6.45, 7) is -3.67. The van der Waals surface area contributed by atoms with E-state index in [9.17, 15) is 13.2 Å². The van der Waals surface area contributed by atoms with Crippen LogP contribution in [0.3, 0.4) is 0 Å². The van der Waals surface area contributed by atoms with Crippen molar-refractivity contribution in [2.24, 2.45) is 0 Å². The summed E-state index contributed by atoms with van der Waals surface area (Å²) in [7, 11) is 1.68. The molecule has 104 valence electrons. The second-order valence-corrected chi connectivity index (χ2v) is 6.50. The van der Waals surface area contributed by atoms with E-state index < -0.39 is 6.68 Å². The molecule has 0 bridgehead atoms. The molecule has 0 atom stereocenters. The Labute approximate surface area is 123 Å². The first-order valence-corrected chi connectivity index (χ1v) is 7.20. The molecule has 0 fully saturated rings. The number of hydrogen-bond acceptors (Lipinski definition) is 3. The molecule has 0 saturated heterocycles. The third kappa shape index (κ3) is 6.79. The van der Waals surface area contributed by atoms with Crippen molar-refractivity contribution < 1.29 is 17.9 Å². The number of ether oxygens (including phenoxy) is 1. The van der Waals surface area contributed by atoms with Crippen molar-refractivity contribution in [2.75, 3.05) is 7.11 Å². The fraction of sp³-hybridized carbons (Fsp3) is 0.167. The predicted octanol–water partition coefficient (Wildman–Crippen LogP) is 4.46. The molecule has 2 rings (SSSR count). The largest absolute Gasteiger partial charge is 0.497 e. The standard InChI is InChI=1S/C11H10OS3.CHF3/c1-12-8-2-4-9(5-3-8)14-11-7-6-10(13)15-11;2-1(3)4/h2-7,13H,1H3;1H/p+1. The van der Waals surface area contributed by atoms with Gasteiger partial charge in [-0.3, -0.25) is 0 Å². The van der Waals surface area contributed by atoms with Crippen molar-refractivity contribution in [3.8, 4) is 5.75 Å². The van der Waals surface area contributed by atoms with Gasteiger partial charge in [-0.1, -0.05) is 23.1 Å². The average molecular weight is 325 g/mol. The highest BCUT2D eigenvalue weighted by molar-refractivity contribution is 8.01. The van der Waals surface area contributed by atoms with Crippen molar-refractivity contribution in [2.45, 2.75) is 20.0 Å². The number of halogens is 3. The molecule has 0 amide bonds. The lowest BCUT2D eigenvalue weighted by Crippen LogP contribution is -1.80. The van der Waals surface area contributed by atoms with Crippen LogP contribution in [0.5, 0.6) is 5.75 Å². The summed E-state index contributed by atoms with van der Waals surface area (Å²) in [5, 5.41) is 0. The minimum absolute atomic E-state index is 0.895. The Hall–Kier alpha value is -0.790. The SMILES string of the molecule is COc1ccc(Sc2ccc([SH2+])s2)cc1.FC(F)F. The smallest absolute Gasteiger partial charge is 0.379 e. The molecule has 0 N–H and O–H groups in total. The molecule has 7 heteroatoms. The van der Waals surface area contributed by atoms with Crippen LogP contribution in [0.25, 0.3) is 0 Å². The molecule has 1 aromatic heterocycles. The molecule has 0 spiro atoms. The van der Waals surface area contributed by atoms with E-state index in [0.717, 1.165) is 9.96 Å². The van der Waals surface area contributed by atoms with E-state index in [4.69, 9.17) is 4.74 Å².